The summed E-state index contributed by atoms with van der Waals surface area (Å²) in [7, 11) is 4.20. The molecule has 0 aromatic carbocycles. The molecule has 2 atom stereocenters. The summed E-state index contributed by atoms with van der Waals surface area (Å²) in [6.07, 6.45) is 4.47. The Bertz CT molecular complexity index is 161. The van der Waals surface area contributed by atoms with Crippen LogP contribution in [-0.4, -0.2) is 11.5 Å². The number of rotatable bonds is 0. The molecule has 1 heterocycles. The minimum absolute atomic E-state index is 0.751. The van der Waals surface area contributed by atoms with E-state index in [-0.39, 0.29) is 0 Å². The molecule has 0 bridgehead atoms. The first-order valence-electron chi connectivity index (χ1n) is 4.96. The van der Waals surface area contributed by atoms with Crippen molar-refractivity contribution in [2.24, 2.45) is 17.3 Å². The topological polar surface area (TPSA) is 0 Å². The molecule has 1 aliphatic carbocycles. The first kappa shape index (κ1) is 9.26. The van der Waals surface area contributed by atoms with Crippen molar-refractivity contribution in [3.05, 3.63) is 0 Å². The van der Waals surface area contributed by atoms with Crippen molar-refractivity contribution >= 4 is 21.6 Å². The molecule has 1 aliphatic heterocycles. The Balaban J connectivity index is 2.01. The van der Waals surface area contributed by atoms with Crippen LogP contribution in [0.25, 0.3) is 0 Å². The molecular weight excluding hydrogens is 184 g/mol. The molecule has 1 saturated heterocycles. The normalized spacial score (nSPS) is 40.5. The summed E-state index contributed by atoms with van der Waals surface area (Å²) in [4.78, 5) is 0. The zero-order valence-electron chi connectivity index (χ0n) is 8.01. The van der Waals surface area contributed by atoms with Gasteiger partial charge in [0.15, 0.2) is 0 Å². The average molecular weight is 202 g/mol. The summed E-state index contributed by atoms with van der Waals surface area (Å²) in [5.41, 5.74) is 0.751. The molecule has 0 aromatic heterocycles. The van der Waals surface area contributed by atoms with Gasteiger partial charge in [0.25, 0.3) is 0 Å². The molecule has 0 N–H and O–H groups in total. The molecule has 0 aromatic rings. The van der Waals surface area contributed by atoms with Gasteiger partial charge in [-0.3, -0.25) is 0 Å². The number of hydrogen-bond donors (Lipinski definition) is 0. The predicted molar refractivity (Wildman–Crippen MR) is 59.5 cm³/mol. The van der Waals surface area contributed by atoms with Crippen LogP contribution in [0.5, 0.6) is 0 Å². The van der Waals surface area contributed by atoms with E-state index in [0.29, 0.717) is 0 Å². The Morgan fingerprint density at radius 3 is 2.33 bits per heavy atom. The first-order chi connectivity index (χ1) is 5.72. The van der Waals surface area contributed by atoms with Gasteiger partial charge >= 0.3 is 0 Å². The zero-order valence-corrected chi connectivity index (χ0v) is 9.64. The van der Waals surface area contributed by atoms with Crippen LogP contribution in [0, 0.1) is 17.3 Å². The van der Waals surface area contributed by atoms with Crippen molar-refractivity contribution < 1.29 is 0 Å². The lowest BCUT2D eigenvalue weighted by atomic mass is 9.68. The van der Waals surface area contributed by atoms with Crippen LogP contribution in [0.15, 0.2) is 0 Å². The van der Waals surface area contributed by atoms with E-state index in [4.69, 9.17) is 0 Å². The monoisotopic (exact) mass is 202 g/mol. The highest BCUT2D eigenvalue weighted by Gasteiger charge is 2.40. The third kappa shape index (κ3) is 1.65. The van der Waals surface area contributed by atoms with Crippen molar-refractivity contribution in [1.29, 1.82) is 0 Å². The maximum absolute atomic E-state index is 2.44. The van der Waals surface area contributed by atoms with E-state index in [9.17, 15) is 0 Å². The quantitative estimate of drug-likeness (QED) is 0.548. The molecular formula is C10H18S2. The molecule has 2 unspecified atom stereocenters. The van der Waals surface area contributed by atoms with Crippen LogP contribution < -0.4 is 0 Å². The summed E-state index contributed by atoms with van der Waals surface area (Å²) >= 11 is 0. The minimum Gasteiger partial charge on any atom is -0.0935 e. The Morgan fingerprint density at radius 2 is 1.75 bits per heavy atom. The highest BCUT2D eigenvalue weighted by Crippen LogP contribution is 2.53. The molecule has 0 nitrogen and oxygen atoms in total. The van der Waals surface area contributed by atoms with Crippen molar-refractivity contribution in [2.75, 3.05) is 11.5 Å². The molecule has 12 heavy (non-hydrogen) atoms. The summed E-state index contributed by atoms with van der Waals surface area (Å²) in [5, 5.41) is 0. The van der Waals surface area contributed by atoms with Gasteiger partial charge in [-0.1, -0.05) is 35.4 Å². The van der Waals surface area contributed by atoms with E-state index in [0.717, 1.165) is 17.3 Å². The van der Waals surface area contributed by atoms with E-state index in [1.807, 2.05) is 0 Å². The van der Waals surface area contributed by atoms with Crippen LogP contribution in [0.2, 0.25) is 0 Å². The third-order valence-corrected chi connectivity index (χ3v) is 6.50. The van der Waals surface area contributed by atoms with Crippen LogP contribution in [-0.2, 0) is 0 Å². The van der Waals surface area contributed by atoms with Crippen LogP contribution in [0.3, 0.4) is 0 Å². The smallest absolute Gasteiger partial charge is 0.0102 e. The lowest BCUT2D eigenvalue weighted by Crippen LogP contribution is -2.33. The zero-order chi connectivity index (χ0) is 8.60. The molecule has 2 fully saturated rings. The maximum Gasteiger partial charge on any atom is 0.0102 e. The predicted octanol–water partition coefficient (Wildman–Crippen LogP) is 3.82. The second-order valence-corrected chi connectivity index (χ2v) is 7.18. The SMILES string of the molecule is CC1CCC2(CSSC2)CC1C. The van der Waals surface area contributed by atoms with Gasteiger partial charge in [0.2, 0.25) is 0 Å². The van der Waals surface area contributed by atoms with Gasteiger partial charge in [0.05, 0.1) is 0 Å². The van der Waals surface area contributed by atoms with Crippen LogP contribution in [0.4, 0.5) is 0 Å². The fourth-order valence-electron chi connectivity index (χ4n) is 2.44. The van der Waals surface area contributed by atoms with Gasteiger partial charge in [0.1, 0.15) is 0 Å². The van der Waals surface area contributed by atoms with Gasteiger partial charge in [-0.05, 0) is 36.5 Å². The standard InChI is InChI=1S/C10H18S2/c1-8-3-4-10(5-9(8)2)6-11-12-7-10/h8-9H,3-7H2,1-2H3. The Labute approximate surface area is 83.7 Å². The van der Waals surface area contributed by atoms with E-state index in [2.05, 4.69) is 35.4 Å². The average Bonchev–Trinajstić information content (AvgIpc) is 2.47. The van der Waals surface area contributed by atoms with E-state index >= 15 is 0 Å². The van der Waals surface area contributed by atoms with Gasteiger partial charge in [-0.15, -0.1) is 0 Å². The molecule has 2 heteroatoms. The molecule has 1 spiro atoms. The fraction of sp³-hybridized carbons (Fsp3) is 1.00. The molecule has 0 amide bonds. The van der Waals surface area contributed by atoms with E-state index < -0.39 is 0 Å². The molecule has 70 valence electrons. The molecule has 2 rings (SSSR count). The van der Waals surface area contributed by atoms with Crippen molar-refractivity contribution in [3.8, 4) is 0 Å². The van der Waals surface area contributed by atoms with Crippen molar-refractivity contribution in [2.45, 2.75) is 33.1 Å². The maximum atomic E-state index is 2.44. The first-order valence-corrected chi connectivity index (χ1v) is 7.45. The Morgan fingerprint density at radius 1 is 1.08 bits per heavy atom. The second kappa shape index (κ2) is 3.45. The van der Waals surface area contributed by atoms with E-state index in [1.165, 1.54) is 30.8 Å². The highest BCUT2D eigenvalue weighted by atomic mass is 33.1. The van der Waals surface area contributed by atoms with Gasteiger partial charge in [-0.25, -0.2) is 0 Å². The molecule has 1 saturated carbocycles. The summed E-state index contributed by atoms with van der Waals surface area (Å²) in [5.74, 6) is 4.80. The van der Waals surface area contributed by atoms with Gasteiger partial charge < -0.3 is 0 Å². The summed E-state index contributed by atoms with van der Waals surface area (Å²) in [6, 6.07) is 0. The largest absolute Gasteiger partial charge is 0.0935 e. The van der Waals surface area contributed by atoms with Gasteiger partial charge in [-0.2, -0.15) is 0 Å². The Hall–Kier alpha value is 0.700. The van der Waals surface area contributed by atoms with Gasteiger partial charge in [0, 0.05) is 11.5 Å². The minimum atomic E-state index is 0.751. The van der Waals surface area contributed by atoms with E-state index in [1.54, 1.807) is 0 Å². The van der Waals surface area contributed by atoms with Crippen molar-refractivity contribution in [3.63, 3.8) is 0 Å². The fourth-order valence-corrected chi connectivity index (χ4v) is 5.97. The third-order valence-electron chi connectivity index (χ3n) is 3.67. The van der Waals surface area contributed by atoms with Crippen LogP contribution in [0.1, 0.15) is 33.1 Å². The molecule has 2 aliphatic rings. The summed E-state index contributed by atoms with van der Waals surface area (Å²) < 4.78 is 0. The Kier molecular flexibility index (Phi) is 2.66. The lowest BCUT2D eigenvalue weighted by molar-refractivity contribution is 0.150. The second-order valence-electron chi connectivity index (χ2n) is 4.72. The highest BCUT2D eigenvalue weighted by molar-refractivity contribution is 8.77. The number of hydrogen-bond acceptors (Lipinski definition) is 2. The lowest BCUT2D eigenvalue weighted by Gasteiger charge is -2.39. The molecule has 0 radical (unpaired) electrons. The summed E-state index contributed by atoms with van der Waals surface area (Å²) in [6.45, 7) is 4.87. The van der Waals surface area contributed by atoms with Crippen molar-refractivity contribution in [1.82, 2.24) is 0 Å². The van der Waals surface area contributed by atoms with Crippen LogP contribution >= 0.6 is 21.6 Å².